The van der Waals surface area contributed by atoms with Crippen molar-refractivity contribution in [3.8, 4) is 5.75 Å². The van der Waals surface area contributed by atoms with E-state index < -0.39 is 32.9 Å². The zero-order chi connectivity index (χ0) is 26.4. The van der Waals surface area contributed by atoms with E-state index in [1.54, 1.807) is 66.7 Å². The lowest BCUT2D eigenvalue weighted by atomic mass is 10.1. The van der Waals surface area contributed by atoms with Crippen molar-refractivity contribution in [2.75, 3.05) is 10.0 Å². The second-order valence-corrected chi connectivity index (χ2v) is 10.7. The fraction of sp³-hybridized carbons (Fsp3) is 0.0370. The number of thioether (sulfide) groups is 1. The molecule has 0 aliphatic carbocycles. The van der Waals surface area contributed by atoms with Gasteiger partial charge in [-0.05, 0) is 60.2 Å². The first-order valence-electron chi connectivity index (χ1n) is 11.0. The first-order valence-corrected chi connectivity index (χ1v) is 13.4. The smallest absolute Gasteiger partial charge is 0.339 e. The number of phenols is 1. The number of rotatable bonds is 9. The summed E-state index contributed by atoms with van der Waals surface area (Å²) < 4.78 is 27.7. The van der Waals surface area contributed by atoms with Gasteiger partial charge in [-0.3, -0.25) is 9.52 Å². The number of anilines is 2. The Morgan fingerprint density at radius 3 is 2.00 bits per heavy atom. The average Bonchev–Trinajstić information content (AvgIpc) is 2.90. The molecule has 0 aliphatic rings. The second kappa shape index (κ2) is 11.2. The van der Waals surface area contributed by atoms with Crippen LogP contribution < -0.4 is 10.0 Å². The van der Waals surface area contributed by atoms with Crippen molar-refractivity contribution in [2.24, 2.45) is 0 Å². The monoisotopic (exact) mass is 534 g/mol. The first kappa shape index (κ1) is 25.8. The summed E-state index contributed by atoms with van der Waals surface area (Å²) in [5.74, 6) is -2.11. The van der Waals surface area contributed by atoms with Crippen LogP contribution in [0.3, 0.4) is 0 Å². The Morgan fingerprint density at radius 2 is 1.38 bits per heavy atom. The van der Waals surface area contributed by atoms with Crippen LogP contribution >= 0.6 is 11.8 Å². The van der Waals surface area contributed by atoms with E-state index in [0.29, 0.717) is 10.6 Å². The topological polar surface area (TPSA) is 133 Å². The molecule has 1 atom stereocenters. The standard InChI is InChI=1S/C27H22N2O6S2/c30-24-16-13-20(17-23(24)27(32)33)28-26(31)25(18-7-3-1-4-8-18)36-21-14-11-19(12-15-21)29-37(34,35)22-9-5-2-6-10-22/h1-17,25,29-30H,(H,28,31)(H,32,33). The molecule has 0 aromatic heterocycles. The van der Waals surface area contributed by atoms with Gasteiger partial charge in [0.15, 0.2) is 0 Å². The average molecular weight is 535 g/mol. The van der Waals surface area contributed by atoms with Crippen molar-refractivity contribution in [3.63, 3.8) is 0 Å². The molecule has 4 N–H and O–H groups in total. The predicted octanol–water partition coefficient (Wildman–Crippen LogP) is 5.36. The van der Waals surface area contributed by atoms with Crippen molar-refractivity contribution in [2.45, 2.75) is 15.0 Å². The molecule has 10 heteroatoms. The molecular formula is C27H22N2O6S2. The van der Waals surface area contributed by atoms with Crippen LogP contribution in [-0.4, -0.2) is 30.5 Å². The molecule has 0 bridgehead atoms. The highest BCUT2D eigenvalue weighted by atomic mass is 32.2. The minimum Gasteiger partial charge on any atom is -0.507 e. The van der Waals surface area contributed by atoms with Crippen LogP contribution in [-0.2, 0) is 14.8 Å². The van der Waals surface area contributed by atoms with Crippen LogP contribution in [0.1, 0.15) is 21.2 Å². The van der Waals surface area contributed by atoms with Gasteiger partial charge in [-0.15, -0.1) is 11.8 Å². The Balaban J connectivity index is 1.53. The van der Waals surface area contributed by atoms with Crippen molar-refractivity contribution >= 4 is 45.0 Å². The summed E-state index contributed by atoms with van der Waals surface area (Å²) in [4.78, 5) is 25.5. The van der Waals surface area contributed by atoms with Gasteiger partial charge in [0.25, 0.3) is 10.0 Å². The molecule has 37 heavy (non-hydrogen) atoms. The van der Waals surface area contributed by atoms with Crippen LogP contribution in [0.25, 0.3) is 0 Å². The highest BCUT2D eigenvalue weighted by Gasteiger charge is 2.23. The maximum absolute atomic E-state index is 13.3. The number of carbonyl (C=O) groups excluding carboxylic acids is 1. The van der Waals surface area contributed by atoms with Crippen LogP contribution in [0.15, 0.2) is 113 Å². The normalized spacial score (nSPS) is 11.9. The summed E-state index contributed by atoms with van der Waals surface area (Å²) in [6.45, 7) is 0. The number of carbonyl (C=O) groups is 2. The number of hydrogen-bond donors (Lipinski definition) is 4. The first-order chi connectivity index (χ1) is 17.7. The SMILES string of the molecule is O=C(O)c1cc(NC(=O)C(Sc2ccc(NS(=O)(=O)c3ccccc3)cc2)c2ccccc2)ccc1O. The molecule has 4 rings (SSSR count). The molecule has 0 heterocycles. The zero-order valence-corrected chi connectivity index (χ0v) is 20.9. The lowest BCUT2D eigenvalue weighted by molar-refractivity contribution is -0.115. The molecule has 0 radical (unpaired) electrons. The van der Waals surface area contributed by atoms with E-state index in [0.717, 1.165) is 5.56 Å². The van der Waals surface area contributed by atoms with E-state index in [4.69, 9.17) is 0 Å². The molecule has 0 spiro atoms. The zero-order valence-electron chi connectivity index (χ0n) is 19.2. The molecule has 1 unspecified atom stereocenters. The number of benzene rings is 4. The molecule has 8 nitrogen and oxygen atoms in total. The fourth-order valence-corrected chi connectivity index (χ4v) is 5.55. The number of hydrogen-bond acceptors (Lipinski definition) is 6. The van der Waals surface area contributed by atoms with Gasteiger partial charge < -0.3 is 15.5 Å². The van der Waals surface area contributed by atoms with Gasteiger partial charge >= 0.3 is 5.97 Å². The highest BCUT2D eigenvalue weighted by molar-refractivity contribution is 8.00. The van der Waals surface area contributed by atoms with Gasteiger partial charge in [0, 0.05) is 16.3 Å². The Kier molecular flexibility index (Phi) is 7.80. The quantitative estimate of drug-likeness (QED) is 0.168. The van der Waals surface area contributed by atoms with Gasteiger partial charge in [0.05, 0.1) is 4.90 Å². The Bertz CT molecular complexity index is 1510. The lowest BCUT2D eigenvalue weighted by Crippen LogP contribution is -2.19. The summed E-state index contributed by atoms with van der Waals surface area (Å²) >= 11 is 1.25. The van der Waals surface area contributed by atoms with E-state index in [9.17, 15) is 28.2 Å². The van der Waals surface area contributed by atoms with E-state index in [-0.39, 0.29) is 16.1 Å². The van der Waals surface area contributed by atoms with Crippen LogP contribution in [0.5, 0.6) is 5.75 Å². The lowest BCUT2D eigenvalue weighted by Gasteiger charge is -2.18. The Labute approximate surface area is 218 Å². The number of aromatic carboxylic acids is 1. The summed E-state index contributed by atoms with van der Waals surface area (Å²) in [6, 6.07) is 27.5. The molecule has 4 aromatic rings. The number of sulfonamides is 1. The number of carboxylic acid groups (broad SMARTS) is 1. The van der Waals surface area contributed by atoms with Crippen LogP contribution in [0, 0.1) is 0 Å². The molecule has 0 saturated heterocycles. The maximum Gasteiger partial charge on any atom is 0.339 e. The largest absolute Gasteiger partial charge is 0.507 e. The van der Waals surface area contributed by atoms with Gasteiger partial charge in [0.1, 0.15) is 16.6 Å². The molecule has 1 amide bonds. The number of amides is 1. The number of nitrogens with one attached hydrogen (secondary N) is 2. The van der Waals surface area contributed by atoms with Crippen molar-refractivity contribution in [3.05, 3.63) is 114 Å². The molecule has 188 valence electrons. The molecule has 4 aromatic carbocycles. The molecule has 0 saturated carbocycles. The van der Waals surface area contributed by atoms with Gasteiger partial charge in [-0.2, -0.15) is 0 Å². The third-order valence-electron chi connectivity index (χ3n) is 5.25. The maximum atomic E-state index is 13.3. The van der Waals surface area contributed by atoms with E-state index >= 15 is 0 Å². The molecular weight excluding hydrogens is 512 g/mol. The fourth-order valence-electron chi connectivity index (χ4n) is 3.45. The minimum absolute atomic E-state index is 0.148. The minimum atomic E-state index is -3.73. The van der Waals surface area contributed by atoms with Gasteiger partial charge in [0.2, 0.25) is 5.91 Å². The van der Waals surface area contributed by atoms with E-state index in [1.807, 2.05) is 6.07 Å². The van der Waals surface area contributed by atoms with E-state index in [1.165, 1.54) is 42.1 Å². The van der Waals surface area contributed by atoms with Gasteiger partial charge in [-0.1, -0.05) is 48.5 Å². The van der Waals surface area contributed by atoms with Crippen molar-refractivity contribution in [1.82, 2.24) is 0 Å². The number of carboxylic acids is 1. The third kappa shape index (κ3) is 6.49. The summed E-state index contributed by atoms with van der Waals surface area (Å²) in [7, 11) is -3.73. The van der Waals surface area contributed by atoms with Crippen LogP contribution in [0.4, 0.5) is 11.4 Å². The Hall–Kier alpha value is -4.28. The summed E-state index contributed by atoms with van der Waals surface area (Å²) in [5.41, 5.74) is 0.998. The number of aromatic hydroxyl groups is 1. The van der Waals surface area contributed by atoms with Crippen LogP contribution in [0.2, 0.25) is 0 Å². The molecule has 0 aliphatic heterocycles. The highest BCUT2D eigenvalue weighted by Crippen LogP contribution is 2.37. The second-order valence-electron chi connectivity index (χ2n) is 7.88. The van der Waals surface area contributed by atoms with Gasteiger partial charge in [-0.25, -0.2) is 13.2 Å². The third-order valence-corrected chi connectivity index (χ3v) is 7.91. The Morgan fingerprint density at radius 1 is 0.784 bits per heavy atom. The van der Waals surface area contributed by atoms with Crippen molar-refractivity contribution in [1.29, 1.82) is 0 Å². The predicted molar refractivity (Wildman–Crippen MR) is 142 cm³/mol. The summed E-state index contributed by atoms with van der Waals surface area (Å²) in [5, 5.41) is 21.0. The van der Waals surface area contributed by atoms with E-state index in [2.05, 4.69) is 10.0 Å². The van der Waals surface area contributed by atoms with Crippen molar-refractivity contribution < 1.29 is 28.2 Å². The molecule has 0 fully saturated rings. The summed E-state index contributed by atoms with van der Waals surface area (Å²) in [6.07, 6.45) is 0.